The van der Waals surface area contributed by atoms with E-state index in [2.05, 4.69) is 10.6 Å². The number of carbonyl (C=O) groups is 2. The van der Waals surface area contributed by atoms with E-state index < -0.39 is 15.9 Å². The number of fused-ring (bicyclic) bond motifs is 1. The predicted molar refractivity (Wildman–Crippen MR) is 131 cm³/mol. The summed E-state index contributed by atoms with van der Waals surface area (Å²) in [6, 6.07) is 9.52. The number of sulfonamides is 1. The third kappa shape index (κ3) is 5.51. The lowest BCUT2D eigenvalue weighted by Crippen LogP contribution is -2.30. The highest BCUT2D eigenvalue weighted by Gasteiger charge is 2.26. The molecule has 8 nitrogen and oxygen atoms in total. The molecular weight excluding hydrogens is 462 g/mol. The summed E-state index contributed by atoms with van der Waals surface area (Å²) in [5.74, 6) is -0.193. The Kier molecular flexibility index (Phi) is 7.71. The van der Waals surface area contributed by atoms with E-state index >= 15 is 0 Å². The maximum absolute atomic E-state index is 13.0. The molecule has 0 bridgehead atoms. The monoisotopic (exact) mass is 491 g/mol. The minimum Gasteiger partial charge on any atom is -0.489 e. The van der Waals surface area contributed by atoms with Crippen molar-refractivity contribution in [2.75, 3.05) is 23.7 Å². The zero-order chi connectivity index (χ0) is 24.3. The molecule has 0 aliphatic carbocycles. The van der Waals surface area contributed by atoms with Crippen LogP contribution in [0.25, 0.3) is 0 Å². The second-order valence-corrected chi connectivity index (χ2v) is 11.1. The summed E-state index contributed by atoms with van der Waals surface area (Å²) in [5, 5.41) is 5.39. The van der Waals surface area contributed by atoms with Gasteiger partial charge in [-0.2, -0.15) is 4.31 Å². The number of nitrogens with zero attached hydrogens (tertiary/aromatic N) is 1. The second kappa shape index (κ2) is 10.1. The van der Waals surface area contributed by atoms with Crippen molar-refractivity contribution in [1.29, 1.82) is 0 Å². The molecule has 1 aliphatic heterocycles. The van der Waals surface area contributed by atoms with Crippen molar-refractivity contribution in [2.45, 2.75) is 55.8 Å². The molecule has 2 aromatic rings. The van der Waals surface area contributed by atoms with Crippen molar-refractivity contribution in [3.63, 3.8) is 0 Å². The van der Waals surface area contributed by atoms with Crippen LogP contribution in [0.2, 0.25) is 0 Å². The van der Waals surface area contributed by atoms with Gasteiger partial charge in [-0.05, 0) is 57.2 Å². The number of carbonyl (C=O) groups excluding carboxylic acids is 2. The van der Waals surface area contributed by atoms with Crippen molar-refractivity contribution in [3.05, 3.63) is 42.0 Å². The van der Waals surface area contributed by atoms with E-state index in [1.165, 1.54) is 28.2 Å². The first-order chi connectivity index (χ1) is 15.6. The molecule has 2 aromatic carbocycles. The Morgan fingerprint density at radius 2 is 1.88 bits per heavy atom. The highest BCUT2D eigenvalue weighted by atomic mass is 32.2. The SMILES string of the molecule is CCN(CC)S(=O)(=O)c1ccc(OC(C)C)c(NC(=O)c2ccc3c(c2)NC(=O)[C@H](C)S3)c1. The van der Waals surface area contributed by atoms with Crippen LogP contribution in [-0.2, 0) is 14.8 Å². The fourth-order valence-electron chi connectivity index (χ4n) is 3.38. The molecule has 0 aromatic heterocycles. The van der Waals surface area contributed by atoms with Gasteiger partial charge in [0.1, 0.15) is 5.75 Å². The van der Waals surface area contributed by atoms with Gasteiger partial charge in [-0.3, -0.25) is 9.59 Å². The molecule has 0 spiro atoms. The molecule has 1 aliphatic rings. The molecule has 1 heterocycles. The summed E-state index contributed by atoms with van der Waals surface area (Å²) in [6.45, 7) is 9.72. The van der Waals surface area contributed by atoms with Crippen molar-refractivity contribution >= 4 is 45.0 Å². The molecule has 33 heavy (non-hydrogen) atoms. The van der Waals surface area contributed by atoms with Crippen molar-refractivity contribution in [3.8, 4) is 5.75 Å². The highest BCUT2D eigenvalue weighted by Crippen LogP contribution is 2.36. The number of thioether (sulfide) groups is 1. The first-order valence-corrected chi connectivity index (χ1v) is 13.1. The lowest BCUT2D eigenvalue weighted by Gasteiger charge is -2.22. The van der Waals surface area contributed by atoms with E-state index in [1.807, 2.05) is 20.8 Å². The third-order valence-electron chi connectivity index (χ3n) is 5.08. The van der Waals surface area contributed by atoms with Gasteiger partial charge >= 0.3 is 0 Å². The van der Waals surface area contributed by atoms with Gasteiger partial charge in [-0.15, -0.1) is 11.8 Å². The largest absolute Gasteiger partial charge is 0.489 e. The van der Waals surface area contributed by atoms with Crippen LogP contribution in [0.4, 0.5) is 11.4 Å². The molecule has 10 heteroatoms. The summed E-state index contributed by atoms with van der Waals surface area (Å²) >= 11 is 1.43. The van der Waals surface area contributed by atoms with Crippen molar-refractivity contribution < 1.29 is 22.7 Å². The van der Waals surface area contributed by atoms with Crippen LogP contribution in [0.1, 0.15) is 45.0 Å². The normalized spacial score (nSPS) is 15.8. The van der Waals surface area contributed by atoms with Crippen LogP contribution in [0.15, 0.2) is 46.2 Å². The molecule has 0 saturated heterocycles. The van der Waals surface area contributed by atoms with Crippen LogP contribution >= 0.6 is 11.8 Å². The van der Waals surface area contributed by atoms with E-state index in [1.54, 1.807) is 38.1 Å². The van der Waals surface area contributed by atoms with E-state index in [9.17, 15) is 18.0 Å². The zero-order valence-corrected chi connectivity index (χ0v) is 21.0. The van der Waals surface area contributed by atoms with Gasteiger partial charge < -0.3 is 15.4 Å². The Labute approximate surface area is 199 Å². The van der Waals surface area contributed by atoms with Gasteiger partial charge in [-0.1, -0.05) is 13.8 Å². The Bertz CT molecular complexity index is 1160. The molecule has 2 N–H and O–H groups in total. The Hall–Kier alpha value is -2.56. The number of hydrogen-bond acceptors (Lipinski definition) is 6. The molecular formula is C23H29N3O5S2. The molecule has 0 saturated carbocycles. The van der Waals surface area contributed by atoms with E-state index in [0.717, 1.165) is 4.90 Å². The molecule has 2 amide bonds. The maximum Gasteiger partial charge on any atom is 0.255 e. The van der Waals surface area contributed by atoms with Gasteiger partial charge in [0.2, 0.25) is 15.9 Å². The summed E-state index contributed by atoms with van der Waals surface area (Å²) in [5.41, 5.74) is 1.16. The minimum absolute atomic E-state index is 0.0701. The molecule has 3 rings (SSSR count). The van der Waals surface area contributed by atoms with E-state index in [4.69, 9.17) is 4.74 Å². The van der Waals surface area contributed by atoms with Crippen molar-refractivity contribution in [1.82, 2.24) is 4.31 Å². The van der Waals surface area contributed by atoms with E-state index in [-0.39, 0.29) is 27.8 Å². The van der Waals surface area contributed by atoms with Gasteiger partial charge in [0.05, 0.1) is 27.6 Å². The van der Waals surface area contributed by atoms with Crippen LogP contribution in [-0.4, -0.2) is 49.0 Å². The Balaban J connectivity index is 1.95. The maximum atomic E-state index is 13.0. The van der Waals surface area contributed by atoms with E-state index in [0.29, 0.717) is 30.1 Å². The smallest absolute Gasteiger partial charge is 0.255 e. The number of hydrogen-bond donors (Lipinski definition) is 2. The predicted octanol–water partition coefficient (Wildman–Crippen LogP) is 4.19. The number of ether oxygens (including phenoxy) is 1. The quantitative estimate of drug-likeness (QED) is 0.574. The van der Waals surface area contributed by atoms with Crippen LogP contribution in [0, 0.1) is 0 Å². The molecule has 0 fully saturated rings. The fraction of sp³-hybridized carbons (Fsp3) is 0.391. The van der Waals surface area contributed by atoms with Crippen LogP contribution in [0.5, 0.6) is 5.75 Å². The second-order valence-electron chi connectivity index (χ2n) is 7.83. The van der Waals surface area contributed by atoms with Crippen LogP contribution < -0.4 is 15.4 Å². The average molecular weight is 492 g/mol. The van der Waals surface area contributed by atoms with Crippen molar-refractivity contribution in [2.24, 2.45) is 0 Å². The minimum atomic E-state index is -3.72. The van der Waals surface area contributed by atoms with Gasteiger partial charge in [0.15, 0.2) is 0 Å². The molecule has 1 atom stereocenters. The first kappa shape index (κ1) is 25.1. The number of nitrogens with one attached hydrogen (secondary N) is 2. The summed E-state index contributed by atoms with van der Waals surface area (Å²) in [4.78, 5) is 26.0. The van der Waals surface area contributed by atoms with Gasteiger partial charge in [-0.25, -0.2) is 8.42 Å². The first-order valence-electron chi connectivity index (χ1n) is 10.8. The highest BCUT2D eigenvalue weighted by molar-refractivity contribution is 8.01. The topological polar surface area (TPSA) is 105 Å². The van der Waals surface area contributed by atoms with Gasteiger partial charge in [0, 0.05) is 23.5 Å². The number of benzene rings is 2. The molecule has 0 unspecified atom stereocenters. The van der Waals surface area contributed by atoms with Crippen LogP contribution in [0.3, 0.4) is 0 Å². The number of amides is 2. The Morgan fingerprint density at radius 1 is 1.18 bits per heavy atom. The number of anilines is 2. The third-order valence-corrected chi connectivity index (χ3v) is 8.30. The summed E-state index contributed by atoms with van der Waals surface area (Å²) < 4.78 is 33.1. The average Bonchev–Trinajstić information content (AvgIpc) is 2.75. The molecule has 178 valence electrons. The zero-order valence-electron chi connectivity index (χ0n) is 19.3. The molecule has 0 radical (unpaired) electrons. The fourth-order valence-corrected chi connectivity index (χ4v) is 5.80. The summed E-state index contributed by atoms with van der Waals surface area (Å²) in [7, 11) is -3.72. The lowest BCUT2D eigenvalue weighted by atomic mass is 10.1. The summed E-state index contributed by atoms with van der Waals surface area (Å²) in [6.07, 6.45) is -0.177. The standard InChI is InChI=1S/C23H29N3O5S2/c1-6-26(7-2)33(29,30)17-9-10-20(31-14(3)4)18(13-17)24-23(28)16-8-11-21-19(12-16)25-22(27)15(5)32-21/h8-15H,6-7H2,1-5H3,(H,24,28)(H,25,27)/t15-/m0/s1. The van der Waals surface area contributed by atoms with Gasteiger partial charge in [0.25, 0.3) is 5.91 Å². The Morgan fingerprint density at radius 3 is 2.52 bits per heavy atom. The number of rotatable bonds is 8. The lowest BCUT2D eigenvalue weighted by molar-refractivity contribution is -0.115.